The number of carbonyl (C=O) groups is 1. The van der Waals surface area contributed by atoms with Gasteiger partial charge in [0, 0.05) is 5.56 Å². The number of ketones is 1. The van der Waals surface area contributed by atoms with E-state index in [1.165, 1.54) is 36.4 Å². The van der Waals surface area contributed by atoms with Crippen molar-refractivity contribution in [3.8, 4) is 0 Å². The second kappa shape index (κ2) is 6.10. The zero-order valence-electron chi connectivity index (χ0n) is 11.6. The van der Waals surface area contributed by atoms with E-state index in [1.54, 1.807) is 0 Å². The van der Waals surface area contributed by atoms with E-state index in [4.69, 9.17) is 23.2 Å². The second-order valence-electron chi connectivity index (χ2n) is 4.90. The largest absolute Gasteiger partial charge is 0.319 e. The van der Waals surface area contributed by atoms with Gasteiger partial charge in [0.05, 0.1) is 27.5 Å². The van der Waals surface area contributed by atoms with Crippen LogP contribution >= 0.6 is 23.2 Å². The van der Waals surface area contributed by atoms with Crippen molar-refractivity contribution in [2.24, 2.45) is 0 Å². The molecule has 0 saturated heterocycles. The van der Waals surface area contributed by atoms with E-state index in [1.807, 2.05) is 0 Å². The Morgan fingerprint density at radius 2 is 1.78 bits per heavy atom. The molecule has 23 heavy (non-hydrogen) atoms. The number of rotatable bonds is 3. The lowest BCUT2D eigenvalue weighted by Crippen LogP contribution is -2.19. The van der Waals surface area contributed by atoms with Gasteiger partial charge in [-0.25, -0.2) is 9.37 Å². The first-order valence-corrected chi connectivity index (χ1v) is 7.36. The molecule has 0 spiro atoms. The summed E-state index contributed by atoms with van der Waals surface area (Å²) in [4.78, 5) is 31.0. The minimum Gasteiger partial charge on any atom is -0.319 e. The predicted molar refractivity (Wildman–Crippen MR) is 86.8 cm³/mol. The number of Topliss-reactive ketones (excluding diaryl/α,β-unsaturated/α-hetero) is 1. The highest BCUT2D eigenvalue weighted by Gasteiger charge is 2.13. The zero-order valence-corrected chi connectivity index (χ0v) is 13.1. The molecule has 1 aromatic heterocycles. The molecule has 0 unspecified atom stereocenters. The van der Waals surface area contributed by atoms with Crippen LogP contribution in [0, 0.1) is 5.82 Å². The van der Waals surface area contributed by atoms with Crippen molar-refractivity contribution in [3.63, 3.8) is 0 Å². The number of nitrogens with zero attached hydrogens (tertiary/aromatic N) is 1. The molecule has 0 aliphatic rings. The molecule has 2 aromatic carbocycles. The first-order chi connectivity index (χ1) is 10.9. The van der Waals surface area contributed by atoms with Crippen LogP contribution < -0.4 is 5.56 Å². The van der Waals surface area contributed by atoms with Gasteiger partial charge in [-0.3, -0.25) is 9.59 Å². The summed E-state index contributed by atoms with van der Waals surface area (Å²) >= 11 is 11.8. The summed E-state index contributed by atoms with van der Waals surface area (Å²) in [5, 5.41) is 0.598. The van der Waals surface area contributed by atoms with Crippen molar-refractivity contribution in [1.82, 2.24) is 9.97 Å². The van der Waals surface area contributed by atoms with Gasteiger partial charge in [0.25, 0.3) is 5.56 Å². The Morgan fingerprint density at radius 1 is 1.13 bits per heavy atom. The van der Waals surface area contributed by atoms with Gasteiger partial charge in [-0.1, -0.05) is 23.2 Å². The van der Waals surface area contributed by atoms with Crippen molar-refractivity contribution in [1.29, 1.82) is 0 Å². The third-order valence-electron chi connectivity index (χ3n) is 3.30. The lowest BCUT2D eigenvalue weighted by Gasteiger charge is -2.04. The van der Waals surface area contributed by atoms with Gasteiger partial charge in [0.1, 0.15) is 11.5 Å². The van der Waals surface area contributed by atoms with Crippen molar-refractivity contribution in [2.45, 2.75) is 6.42 Å². The average molecular weight is 351 g/mol. The Hall–Kier alpha value is -2.24. The molecule has 0 atom stereocenters. The highest BCUT2D eigenvalue weighted by atomic mass is 35.5. The van der Waals surface area contributed by atoms with Gasteiger partial charge in [0.15, 0.2) is 5.78 Å². The average Bonchev–Trinajstić information content (AvgIpc) is 2.51. The minimum absolute atomic E-state index is 0.0604. The van der Waals surface area contributed by atoms with E-state index in [-0.39, 0.29) is 17.9 Å². The third-order valence-corrected chi connectivity index (χ3v) is 4.02. The Kier molecular flexibility index (Phi) is 4.15. The zero-order chi connectivity index (χ0) is 16.6. The maximum absolute atomic E-state index is 12.9. The lowest BCUT2D eigenvalue weighted by atomic mass is 10.1. The number of aromatic nitrogens is 2. The summed E-state index contributed by atoms with van der Waals surface area (Å²) in [6.45, 7) is 0. The summed E-state index contributed by atoms with van der Waals surface area (Å²) in [6, 6.07) is 8.12. The van der Waals surface area contributed by atoms with E-state index < -0.39 is 11.4 Å². The molecule has 0 amide bonds. The second-order valence-corrected chi connectivity index (χ2v) is 5.72. The fraction of sp³-hybridized carbons (Fsp3) is 0.0625. The molecule has 0 saturated carbocycles. The van der Waals surface area contributed by atoms with E-state index in [0.717, 1.165) is 0 Å². The molecule has 4 nitrogen and oxygen atoms in total. The van der Waals surface area contributed by atoms with Crippen LogP contribution in [0.2, 0.25) is 10.0 Å². The summed E-state index contributed by atoms with van der Waals surface area (Å²) in [5.41, 5.74) is 0.752. The van der Waals surface area contributed by atoms with Crippen LogP contribution in [0.25, 0.3) is 11.0 Å². The SMILES string of the molecule is O=C(Cc1nc2cc(Cl)c(Cl)cc2[nH]c1=O)c1ccc(F)cc1. The third kappa shape index (κ3) is 3.25. The van der Waals surface area contributed by atoms with Crippen LogP contribution in [-0.2, 0) is 6.42 Å². The standard InChI is InChI=1S/C16H9Cl2FN2O2/c17-10-5-12-13(6-11(10)18)21-16(23)14(20-12)7-15(22)8-1-3-9(19)4-2-8/h1-6H,7H2,(H,21,23). The van der Waals surface area contributed by atoms with Crippen LogP contribution in [0.5, 0.6) is 0 Å². The molecule has 0 bridgehead atoms. The number of hydrogen-bond donors (Lipinski definition) is 1. The van der Waals surface area contributed by atoms with E-state index in [0.29, 0.717) is 26.6 Å². The Balaban J connectivity index is 1.98. The normalized spacial score (nSPS) is 10.9. The Bertz CT molecular complexity index is 968. The number of H-pyrrole nitrogens is 1. The summed E-state index contributed by atoms with van der Waals surface area (Å²) in [7, 11) is 0. The molecule has 7 heteroatoms. The lowest BCUT2D eigenvalue weighted by molar-refractivity contribution is 0.0991. The van der Waals surface area contributed by atoms with Crippen molar-refractivity contribution < 1.29 is 9.18 Å². The van der Waals surface area contributed by atoms with Crippen molar-refractivity contribution in [2.75, 3.05) is 0 Å². The summed E-state index contributed by atoms with van der Waals surface area (Å²) in [5.74, 6) is -0.767. The number of benzene rings is 2. The molecular weight excluding hydrogens is 342 g/mol. The number of aromatic amines is 1. The van der Waals surface area contributed by atoms with Gasteiger partial charge >= 0.3 is 0 Å². The van der Waals surface area contributed by atoms with Crippen LogP contribution in [0.15, 0.2) is 41.2 Å². The highest BCUT2D eigenvalue weighted by molar-refractivity contribution is 6.42. The molecule has 0 aliphatic heterocycles. The Labute approximate surface area is 139 Å². The molecular formula is C16H9Cl2FN2O2. The molecule has 0 radical (unpaired) electrons. The maximum atomic E-state index is 12.9. The molecule has 1 heterocycles. The number of hydrogen-bond acceptors (Lipinski definition) is 3. The van der Waals surface area contributed by atoms with Crippen LogP contribution in [0.3, 0.4) is 0 Å². The van der Waals surface area contributed by atoms with Crippen molar-refractivity contribution >= 4 is 40.0 Å². The van der Waals surface area contributed by atoms with E-state index in [9.17, 15) is 14.0 Å². The van der Waals surface area contributed by atoms with E-state index in [2.05, 4.69) is 9.97 Å². The van der Waals surface area contributed by atoms with Gasteiger partial charge < -0.3 is 4.98 Å². The van der Waals surface area contributed by atoms with Crippen molar-refractivity contribution in [3.05, 3.63) is 73.9 Å². The molecule has 1 N–H and O–H groups in total. The molecule has 3 aromatic rings. The van der Waals surface area contributed by atoms with Gasteiger partial charge in [-0.2, -0.15) is 0 Å². The maximum Gasteiger partial charge on any atom is 0.270 e. The minimum atomic E-state index is -0.480. The quantitative estimate of drug-likeness (QED) is 0.730. The van der Waals surface area contributed by atoms with Crippen LogP contribution in [0.1, 0.15) is 16.1 Å². The van der Waals surface area contributed by atoms with Gasteiger partial charge in [-0.15, -0.1) is 0 Å². The number of halogens is 3. The fourth-order valence-electron chi connectivity index (χ4n) is 2.13. The molecule has 3 rings (SSSR count). The van der Waals surface area contributed by atoms with Crippen LogP contribution in [-0.4, -0.2) is 15.8 Å². The molecule has 0 fully saturated rings. The summed E-state index contributed by atoms with van der Waals surface area (Å²) in [6.07, 6.45) is -0.197. The fourth-order valence-corrected chi connectivity index (χ4v) is 2.45. The van der Waals surface area contributed by atoms with E-state index >= 15 is 0 Å². The number of fused-ring (bicyclic) bond motifs is 1. The van der Waals surface area contributed by atoms with Gasteiger partial charge in [-0.05, 0) is 36.4 Å². The van der Waals surface area contributed by atoms with Gasteiger partial charge in [0.2, 0.25) is 0 Å². The number of carbonyl (C=O) groups excluding carboxylic acids is 1. The smallest absolute Gasteiger partial charge is 0.270 e. The monoisotopic (exact) mass is 350 g/mol. The Morgan fingerprint density at radius 3 is 2.48 bits per heavy atom. The first kappa shape index (κ1) is 15.6. The highest BCUT2D eigenvalue weighted by Crippen LogP contribution is 2.25. The number of nitrogens with one attached hydrogen (secondary N) is 1. The molecule has 116 valence electrons. The topological polar surface area (TPSA) is 62.8 Å². The first-order valence-electron chi connectivity index (χ1n) is 6.61. The predicted octanol–water partition coefficient (Wildman–Crippen LogP) is 3.79. The summed E-state index contributed by atoms with van der Waals surface area (Å²) < 4.78 is 12.9. The molecule has 0 aliphatic carbocycles. The van der Waals surface area contributed by atoms with Crippen LogP contribution in [0.4, 0.5) is 4.39 Å².